The Morgan fingerprint density at radius 1 is 1.08 bits per heavy atom. The van der Waals surface area contributed by atoms with E-state index in [9.17, 15) is 0 Å². The molecule has 1 N–H and O–H groups in total. The molecule has 0 aliphatic heterocycles. The number of allylic oxidation sites excluding steroid dienone is 2. The molecular weight excluding hydrogens is 158 g/mol. The number of hydrogen-bond acceptors (Lipinski definition) is 1. The molecule has 0 aliphatic carbocycles. The molecule has 0 rings (SSSR count). The zero-order chi connectivity index (χ0) is 10.6. The van der Waals surface area contributed by atoms with Crippen molar-refractivity contribution in [2.24, 2.45) is 11.8 Å². The van der Waals surface area contributed by atoms with E-state index in [0.29, 0.717) is 11.8 Å². The second kappa shape index (κ2) is 5.21. The minimum Gasteiger partial charge on any atom is -0.305 e. The molecule has 0 aromatic carbocycles. The summed E-state index contributed by atoms with van der Waals surface area (Å²) in [5, 5.41) is 7.97. The van der Waals surface area contributed by atoms with Gasteiger partial charge in [-0.25, -0.2) is 0 Å². The summed E-state index contributed by atoms with van der Waals surface area (Å²) < 4.78 is 0. The quantitative estimate of drug-likeness (QED) is 0.633. The highest BCUT2D eigenvalue weighted by Gasteiger charge is 2.12. The molecule has 0 fully saturated rings. The van der Waals surface area contributed by atoms with Crippen LogP contribution in [-0.4, -0.2) is 5.71 Å². The van der Waals surface area contributed by atoms with Gasteiger partial charge in [-0.05, 0) is 30.8 Å². The van der Waals surface area contributed by atoms with Crippen LogP contribution in [0, 0.1) is 17.2 Å². The van der Waals surface area contributed by atoms with Crippen LogP contribution in [0.5, 0.6) is 0 Å². The molecule has 0 amide bonds. The van der Waals surface area contributed by atoms with Crippen LogP contribution < -0.4 is 0 Å². The summed E-state index contributed by atoms with van der Waals surface area (Å²) in [7, 11) is 0. The molecule has 76 valence electrons. The first kappa shape index (κ1) is 12.4. The Morgan fingerprint density at radius 2 is 1.54 bits per heavy atom. The Kier molecular flexibility index (Phi) is 4.97. The zero-order valence-corrected chi connectivity index (χ0v) is 9.86. The molecule has 0 aliphatic rings. The van der Waals surface area contributed by atoms with Gasteiger partial charge in [0.2, 0.25) is 0 Å². The van der Waals surface area contributed by atoms with Crippen LogP contribution in [0.2, 0.25) is 0 Å². The van der Waals surface area contributed by atoms with E-state index >= 15 is 0 Å². The summed E-state index contributed by atoms with van der Waals surface area (Å²) >= 11 is 0. The predicted molar refractivity (Wildman–Crippen MR) is 60.4 cm³/mol. The average Bonchev–Trinajstić information content (AvgIpc) is 2.04. The fraction of sp³-hybridized carbons (Fsp3) is 0.750. The van der Waals surface area contributed by atoms with Gasteiger partial charge in [0.15, 0.2) is 0 Å². The number of rotatable bonds is 4. The topological polar surface area (TPSA) is 23.9 Å². The summed E-state index contributed by atoms with van der Waals surface area (Å²) in [6, 6.07) is 0. The van der Waals surface area contributed by atoms with Gasteiger partial charge in [0.25, 0.3) is 0 Å². The van der Waals surface area contributed by atoms with E-state index in [1.165, 1.54) is 11.1 Å². The monoisotopic (exact) mass is 181 g/mol. The maximum absolute atomic E-state index is 7.97. The first-order valence-corrected chi connectivity index (χ1v) is 5.20. The Hall–Kier alpha value is -0.590. The largest absolute Gasteiger partial charge is 0.305 e. The fourth-order valence-corrected chi connectivity index (χ4v) is 1.38. The Labute approximate surface area is 82.7 Å². The molecule has 0 atom stereocenters. The SMILES string of the molecule is CC/C(C(=N)C(C)C)=C(/C)C(C)C. The van der Waals surface area contributed by atoms with E-state index in [0.717, 1.165) is 12.1 Å². The van der Waals surface area contributed by atoms with Crippen LogP contribution in [0.1, 0.15) is 48.0 Å². The van der Waals surface area contributed by atoms with Crippen molar-refractivity contribution in [1.82, 2.24) is 0 Å². The first-order chi connectivity index (χ1) is 5.91. The standard InChI is InChI=1S/C12H23N/c1-7-11(10(6)8(2)3)12(13)9(4)5/h8-9,13H,7H2,1-6H3/b11-10+,13-12?. The Morgan fingerprint density at radius 3 is 1.77 bits per heavy atom. The lowest BCUT2D eigenvalue weighted by Crippen LogP contribution is -2.12. The third kappa shape index (κ3) is 3.33. The molecule has 0 aromatic heterocycles. The van der Waals surface area contributed by atoms with Gasteiger partial charge < -0.3 is 5.41 Å². The first-order valence-electron chi connectivity index (χ1n) is 5.20. The zero-order valence-electron chi connectivity index (χ0n) is 9.86. The van der Waals surface area contributed by atoms with Crippen LogP contribution in [0.4, 0.5) is 0 Å². The Balaban J connectivity index is 4.88. The summed E-state index contributed by atoms with van der Waals surface area (Å²) in [6.45, 7) is 12.9. The lowest BCUT2D eigenvalue weighted by molar-refractivity contribution is 0.750. The molecule has 0 heterocycles. The van der Waals surface area contributed by atoms with Gasteiger partial charge in [-0.3, -0.25) is 0 Å². The molecule has 0 unspecified atom stereocenters. The van der Waals surface area contributed by atoms with E-state index in [2.05, 4.69) is 41.5 Å². The highest BCUT2D eigenvalue weighted by atomic mass is 14.4. The lowest BCUT2D eigenvalue weighted by atomic mass is 9.90. The van der Waals surface area contributed by atoms with Crippen molar-refractivity contribution in [3.63, 3.8) is 0 Å². The van der Waals surface area contributed by atoms with Crippen molar-refractivity contribution >= 4 is 5.71 Å². The van der Waals surface area contributed by atoms with Crippen LogP contribution in [-0.2, 0) is 0 Å². The minimum atomic E-state index is 0.351. The molecule has 0 saturated heterocycles. The Bertz CT molecular complexity index is 209. The molecule has 0 aromatic rings. The molecule has 0 radical (unpaired) electrons. The second-order valence-corrected chi connectivity index (χ2v) is 4.24. The summed E-state index contributed by atoms with van der Waals surface area (Å²) in [5.41, 5.74) is 3.44. The minimum absolute atomic E-state index is 0.351. The maximum atomic E-state index is 7.97. The smallest absolute Gasteiger partial charge is 0.0370 e. The van der Waals surface area contributed by atoms with Gasteiger partial charge in [0.05, 0.1) is 0 Å². The van der Waals surface area contributed by atoms with Crippen LogP contribution in [0.15, 0.2) is 11.1 Å². The molecule has 0 spiro atoms. The number of hydrogen-bond donors (Lipinski definition) is 1. The van der Waals surface area contributed by atoms with E-state index in [-0.39, 0.29) is 0 Å². The van der Waals surface area contributed by atoms with Crippen molar-refractivity contribution < 1.29 is 0 Å². The number of nitrogens with one attached hydrogen (secondary N) is 1. The highest BCUT2D eigenvalue weighted by molar-refractivity contribution is 5.99. The van der Waals surface area contributed by atoms with E-state index in [1.54, 1.807) is 0 Å². The molecule has 13 heavy (non-hydrogen) atoms. The summed E-state index contributed by atoms with van der Waals surface area (Å²) in [4.78, 5) is 0. The van der Waals surface area contributed by atoms with Crippen molar-refractivity contribution in [2.45, 2.75) is 48.0 Å². The van der Waals surface area contributed by atoms with Crippen LogP contribution in [0.3, 0.4) is 0 Å². The molecular formula is C12H23N. The summed E-state index contributed by atoms with van der Waals surface area (Å²) in [5.74, 6) is 0.915. The third-order valence-electron chi connectivity index (χ3n) is 2.60. The molecule has 0 saturated carbocycles. The average molecular weight is 181 g/mol. The van der Waals surface area contributed by atoms with Crippen molar-refractivity contribution in [3.05, 3.63) is 11.1 Å². The van der Waals surface area contributed by atoms with Crippen LogP contribution in [0.25, 0.3) is 0 Å². The van der Waals surface area contributed by atoms with E-state index in [1.807, 2.05) is 0 Å². The van der Waals surface area contributed by atoms with Gasteiger partial charge in [-0.1, -0.05) is 40.2 Å². The molecule has 1 heteroatoms. The van der Waals surface area contributed by atoms with Crippen molar-refractivity contribution in [2.75, 3.05) is 0 Å². The normalized spacial score (nSPS) is 13.5. The van der Waals surface area contributed by atoms with Crippen molar-refractivity contribution in [1.29, 1.82) is 5.41 Å². The fourth-order valence-electron chi connectivity index (χ4n) is 1.38. The van der Waals surface area contributed by atoms with Gasteiger partial charge >= 0.3 is 0 Å². The van der Waals surface area contributed by atoms with Gasteiger partial charge in [-0.15, -0.1) is 0 Å². The predicted octanol–water partition coefficient (Wildman–Crippen LogP) is 4.04. The molecule has 0 bridgehead atoms. The van der Waals surface area contributed by atoms with Gasteiger partial charge in [0.1, 0.15) is 0 Å². The molecule has 1 nitrogen and oxygen atoms in total. The lowest BCUT2D eigenvalue weighted by Gasteiger charge is -2.16. The third-order valence-corrected chi connectivity index (χ3v) is 2.60. The van der Waals surface area contributed by atoms with Crippen LogP contribution >= 0.6 is 0 Å². The summed E-state index contributed by atoms with van der Waals surface area (Å²) in [6.07, 6.45) is 0.987. The van der Waals surface area contributed by atoms with E-state index in [4.69, 9.17) is 5.41 Å². The van der Waals surface area contributed by atoms with Gasteiger partial charge in [-0.2, -0.15) is 0 Å². The maximum Gasteiger partial charge on any atom is 0.0370 e. The second-order valence-electron chi connectivity index (χ2n) is 4.24. The van der Waals surface area contributed by atoms with Crippen molar-refractivity contribution in [3.8, 4) is 0 Å². The van der Waals surface area contributed by atoms with Gasteiger partial charge in [0, 0.05) is 5.71 Å². The highest BCUT2D eigenvalue weighted by Crippen LogP contribution is 2.20. The van der Waals surface area contributed by atoms with E-state index < -0.39 is 0 Å².